The summed E-state index contributed by atoms with van der Waals surface area (Å²) in [5.74, 6) is 0.752. The molecule has 0 fully saturated rings. The normalized spacial score (nSPS) is 10.7. The molecule has 77 valence electrons. The van der Waals surface area contributed by atoms with E-state index in [9.17, 15) is 4.79 Å². The third-order valence-corrected chi connectivity index (χ3v) is 2.36. The van der Waals surface area contributed by atoms with Crippen molar-refractivity contribution in [2.75, 3.05) is 0 Å². The van der Waals surface area contributed by atoms with Crippen LogP contribution in [-0.2, 0) is 6.42 Å². The standard InChI is InChI=1S/C13H13O2/c1-2-3-6-10-9-12(14)11-7-4-5-8-13(11)15-10/h4-5,7-9H,1-3,6H2. The van der Waals surface area contributed by atoms with Gasteiger partial charge in [-0.15, -0.1) is 0 Å². The Morgan fingerprint density at radius 3 is 2.87 bits per heavy atom. The summed E-state index contributed by atoms with van der Waals surface area (Å²) in [5, 5.41) is 0.649. The number of rotatable bonds is 3. The second kappa shape index (κ2) is 4.30. The van der Waals surface area contributed by atoms with Gasteiger partial charge in [0.05, 0.1) is 5.39 Å². The fourth-order valence-corrected chi connectivity index (χ4v) is 1.58. The lowest BCUT2D eigenvalue weighted by molar-refractivity contribution is 0.527. The molecule has 0 saturated carbocycles. The molecule has 1 aromatic heterocycles. The van der Waals surface area contributed by atoms with Crippen LogP contribution in [-0.4, -0.2) is 0 Å². The molecule has 0 aliphatic heterocycles. The monoisotopic (exact) mass is 201 g/mol. The van der Waals surface area contributed by atoms with Crippen molar-refractivity contribution in [3.63, 3.8) is 0 Å². The van der Waals surface area contributed by atoms with Crippen LogP contribution in [0.3, 0.4) is 0 Å². The van der Waals surface area contributed by atoms with Crippen LogP contribution < -0.4 is 5.43 Å². The molecule has 2 rings (SSSR count). The molecule has 1 heterocycles. The van der Waals surface area contributed by atoms with Gasteiger partial charge in [0.2, 0.25) is 0 Å². The average molecular weight is 201 g/mol. The van der Waals surface area contributed by atoms with Crippen molar-refractivity contribution in [1.82, 2.24) is 0 Å². The first-order valence-corrected chi connectivity index (χ1v) is 5.12. The van der Waals surface area contributed by atoms with E-state index < -0.39 is 0 Å². The quantitative estimate of drug-likeness (QED) is 0.764. The van der Waals surface area contributed by atoms with Crippen LogP contribution in [0.25, 0.3) is 11.0 Å². The molecule has 0 N–H and O–H groups in total. The number of benzene rings is 1. The van der Waals surface area contributed by atoms with Gasteiger partial charge in [0.1, 0.15) is 11.3 Å². The summed E-state index contributed by atoms with van der Waals surface area (Å²) >= 11 is 0. The summed E-state index contributed by atoms with van der Waals surface area (Å²) in [4.78, 5) is 11.7. The van der Waals surface area contributed by atoms with Crippen LogP contribution in [0.4, 0.5) is 0 Å². The van der Waals surface area contributed by atoms with E-state index in [1.165, 1.54) is 0 Å². The minimum Gasteiger partial charge on any atom is -0.461 e. The number of unbranched alkanes of at least 4 members (excludes halogenated alkanes) is 1. The molecule has 2 nitrogen and oxygen atoms in total. The average Bonchev–Trinajstić information content (AvgIpc) is 2.26. The lowest BCUT2D eigenvalue weighted by Crippen LogP contribution is -2.01. The smallest absolute Gasteiger partial charge is 0.192 e. The molecule has 1 radical (unpaired) electrons. The van der Waals surface area contributed by atoms with Crippen LogP contribution in [0.5, 0.6) is 0 Å². The first-order chi connectivity index (χ1) is 7.31. The molecular weight excluding hydrogens is 188 g/mol. The Morgan fingerprint density at radius 2 is 2.07 bits per heavy atom. The van der Waals surface area contributed by atoms with Crippen LogP contribution in [0.2, 0.25) is 0 Å². The molecule has 0 unspecified atom stereocenters. The van der Waals surface area contributed by atoms with Gasteiger partial charge in [0, 0.05) is 12.5 Å². The molecule has 0 aliphatic rings. The van der Waals surface area contributed by atoms with Crippen molar-refractivity contribution < 1.29 is 4.42 Å². The summed E-state index contributed by atoms with van der Waals surface area (Å²) in [7, 11) is 0. The topological polar surface area (TPSA) is 30.2 Å². The maximum atomic E-state index is 11.7. The van der Waals surface area contributed by atoms with Crippen molar-refractivity contribution in [2.45, 2.75) is 19.3 Å². The first kappa shape index (κ1) is 9.97. The first-order valence-electron chi connectivity index (χ1n) is 5.12. The summed E-state index contributed by atoms with van der Waals surface area (Å²) in [6.07, 6.45) is 2.58. The number of aryl methyl sites for hydroxylation is 1. The number of hydrogen-bond donors (Lipinski definition) is 0. The third kappa shape index (κ3) is 2.09. The van der Waals surface area contributed by atoms with Crippen LogP contribution in [0.1, 0.15) is 18.6 Å². The summed E-state index contributed by atoms with van der Waals surface area (Å²) in [5.41, 5.74) is 0.708. The Kier molecular flexibility index (Phi) is 2.86. The molecule has 1 aromatic carbocycles. The molecule has 15 heavy (non-hydrogen) atoms. The minimum absolute atomic E-state index is 0.0379. The van der Waals surface area contributed by atoms with Gasteiger partial charge in [-0.05, 0) is 18.6 Å². The van der Waals surface area contributed by atoms with Gasteiger partial charge in [-0.1, -0.05) is 25.5 Å². The highest BCUT2D eigenvalue weighted by Gasteiger charge is 2.02. The van der Waals surface area contributed by atoms with Crippen LogP contribution >= 0.6 is 0 Å². The van der Waals surface area contributed by atoms with E-state index >= 15 is 0 Å². The fraction of sp³-hybridized carbons (Fsp3) is 0.231. The Morgan fingerprint density at radius 1 is 1.27 bits per heavy atom. The molecule has 2 aromatic rings. The van der Waals surface area contributed by atoms with E-state index in [-0.39, 0.29) is 5.43 Å². The Labute approximate surface area is 88.5 Å². The van der Waals surface area contributed by atoms with E-state index in [4.69, 9.17) is 4.42 Å². The minimum atomic E-state index is 0.0379. The van der Waals surface area contributed by atoms with Gasteiger partial charge in [-0.2, -0.15) is 0 Å². The molecular formula is C13H13O2. The molecule has 0 bridgehead atoms. The van der Waals surface area contributed by atoms with Crippen molar-refractivity contribution in [2.24, 2.45) is 0 Å². The molecule has 0 atom stereocenters. The number of hydrogen-bond acceptors (Lipinski definition) is 2. The summed E-state index contributed by atoms with van der Waals surface area (Å²) < 4.78 is 5.62. The van der Waals surface area contributed by atoms with Crippen LogP contribution in [0, 0.1) is 6.92 Å². The van der Waals surface area contributed by atoms with Crippen molar-refractivity contribution in [1.29, 1.82) is 0 Å². The van der Waals surface area contributed by atoms with Gasteiger partial charge in [0.25, 0.3) is 0 Å². The highest BCUT2D eigenvalue weighted by atomic mass is 16.3. The van der Waals surface area contributed by atoms with Gasteiger partial charge in [0.15, 0.2) is 5.43 Å². The predicted molar refractivity (Wildman–Crippen MR) is 60.8 cm³/mol. The van der Waals surface area contributed by atoms with E-state index in [0.717, 1.165) is 25.0 Å². The number of para-hydroxylation sites is 1. The van der Waals surface area contributed by atoms with Gasteiger partial charge < -0.3 is 4.42 Å². The lowest BCUT2D eigenvalue weighted by Gasteiger charge is -2.01. The molecule has 0 saturated heterocycles. The maximum absolute atomic E-state index is 11.7. The fourth-order valence-electron chi connectivity index (χ4n) is 1.58. The van der Waals surface area contributed by atoms with Gasteiger partial charge in [-0.25, -0.2) is 0 Å². The summed E-state index contributed by atoms with van der Waals surface area (Å²) in [6, 6.07) is 8.90. The third-order valence-electron chi connectivity index (χ3n) is 2.36. The second-order valence-corrected chi connectivity index (χ2v) is 3.53. The largest absolute Gasteiger partial charge is 0.461 e. The molecule has 0 aliphatic carbocycles. The zero-order valence-corrected chi connectivity index (χ0v) is 8.53. The lowest BCUT2D eigenvalue weighted by atomic mass is 10.1. The van der Waals surface area contributed by atoms with E-state index in [1.54, 1.807) is 12.1 Å². The van der Waals surface area contributed by atoms with E-state index in [2.05, 4.69) is 6.92 Å². The second-order valence-electron chi connectivity index (χ2n) is 3.53. The summed E-state index contributed by atoms with van der Waals surface area (Å²) in [6.45, 7) is 3.77. The van der Waals surface area contributed by atoms with Crippen molar-refractivity contribution >= 4 is 11.0 Å². The van der Waals surface area contributed by atoms with Gasteiger partial charge in [-0.3, -0.25) is 4.79 Å². The Hall–Kier alpha value is -1.57. The predicted octanol–water partition coefficient (Wildman–Crippen LogP) is 2.95. The Bertz CT molecular complexity index is 511. The molecule has 0 spiro atoms. The molecule has 0 amide bonds. The van der Waals surface area contributed by atoms with E-state index in [1.807, 2.05) is 18.2 Å². The zero-order chi connectivity index (χ0) is 10.7. The molecule has 2 heteroatoms. The van der Waals surface area contributed by atoms with Crippen molar-refractivity contribution in [3.05, 3.63) is 53.2 Å². The van der Waals surface area contributed by atoms with Crippen LogP contribution in [0.15, 0.2) is 39.5 Å². The zero-order valence-electron chi connectivity index (χ0n) is 8.53. The SMILES string of the molecule is [CH2]CCCc1cc(=O)c2ccccc2o1. The van der Waals surface area contributed by atoms with Gasteiger partial charge >= 0.3 is 0 Å². The maximum Gasteiger partial charge on any atom is 0.192 e. The van der Waals surface area contributed by atoms with E-state index in [0.29, 0.717) is 11.0 Å². The number of fused-ring (bicyclic) bond motifs is 1. The van der Waals surface area contributed by atoms with Crippen molar-refractivity contribution in [3.8, 4) is 0 Å². The highest BCUT2D eigenvalue weighted by molar-refractivity contribution is 5.76. The Balaban J connectivity index is 2.48. The highest BCUT2D eigenvalue weighted by Crippen LogP contribution is 2.12.